The summed E-state index contributed by atoms with van der Waals surface area (Å²) in [5, 5.41) is 9.13. The van der Waals surface area contributed by atoms with E-state index in [2.05, 4.69) is 0 Å². The maximum Gasteiger partial charge on any atom is 0.326 e. The molecule has 3 atom stereocenters. The van der Waals surface area contributed by atoms with Crippen LogP contribution in [0.1, 0.15) is 12.8 Å². The molecule has 96 valence electrons. The van der Waals surface area contributed by atoms with Gasteiger partial charge in [-0.3, -0.25) is 4.79 Å². The van der Waals surface area contributed by atoms with Gasteiger partial charge in [0, 0.05) is 31.7 Å². The minimum atomic E-state index is -0.927. The number of rotatable bonds is 3. The molecular weight excluding hydrogens is 242 g/mol. The van der Waals surface area contributed by atoms with E-state index in [0.717, 1.165) is 17.9 Å². The Morgan fingerprint density at radius 1 is 1.47 bits per heavy atom. The summed E-state index contributed by atoms with van der Waals surface area (Å²) < 4.78 is 5.17. The molecule has 2 rings (SSSR count). The summed E-state index contributed by atoms with van der Waals surface area (Å²) in [5.41, 5.74) is 0. The van der Waals surface area contributed by atoms with Crippen molar-refractivity contribution < 1.29 is 19.4 Å². The normalized spacial score (nSPS) is 33.0. The van der Waals surface area contributed by atoms with Crippen molar-refractivity contribution in [1.82, 2.24) is 4.90 Å². The van der Waals surface area contributed by atoms with E-state index in [9.17, 15) is 9.59 Å². The van der Waals surface area contributed by atoms with Gasteiger partial charge in [0.1, 0.15) is 6.04 Å². The van der Waals surface area contributed by atoms with Crippen molar-refractivity contribution in [1.29, 1.82) is 0 Å². The smallest absolute Gasteiger partial charge is 0.326 e. The highest BCUT2D eigenvalue weighted by molar-refractivity contribution is 7.99. The molecule has 2 aliphatic rings. The van der Waals surface area contributed by atoms with Crippen LogP contribution in [-0.2, 0) is 14.3 Å². The monoisotopic (exact) mass is 259 g/mol. The van der Waals surface area contributed by atoms with Gasteiger partial charge in [0.2, 0.25) is 5.91 Å². The number of amides is 1. The Labute approximate surface area is 104 Å². The van der Waals surface area contributed by atoms with E-state index in [1.165, 1.54) is 4.90 Å². The van der Waals surface area contributed by atoms with E-state index in [-0.39, 0.29) is 17.9 Å². The molecule has 0 saturated carbocycles. The number of aliphatic carboxylic acids is 1. The molecule has 1 amide bonds. The van der Waals surface area contributed by atoms with Crippen molar-refractivity contribution in [3.63, 3.8) is 0 Å². The fourth-order valence-electron chi connectivity index (χ4n) is 2.41. The number of methoxy groups -OCH3 is 1. The van der Waals surface area contributed by atoms with Crippen LogP contribution in [0.25, 0.3) is 0 Å². The lowest BCUT2D eigenvalue weighted by molar-refractivity contribution is -0.149. The van der Waals surface area contributed by atoms with Crippen molar-refractivity contribution in [3.8, 4) is 0 Å². The Kier molecular flexibility index (Phi) is 3.93. The first-order valence-electron chi connectivity index (χ1n) is 5.77. The minimum absolute atomic E-state index is 0.00236. The van der Waals surface area contributed by atoms with E-state index < -0.39 is 12.0 Å². The SMILES string of the molecule is COC1CC(C(=O)O)N(C(=O)C2CCSC2)C1. The summed E-state index contributed by atoms with van der Waals surface area (Å²) in [5.74, 6) is 0.873. The molecule has 2 fully saturated rings. The molecule has 6 heteroatoms. The van der Waals surface area contributed by atoms with Crippen LogP contribution in [0.5, 0.6) is 0 Å². The zero-order valence-electron chi connectivity index (χ0n) is 9.80. The lowest BCUT2D eigenvalue weighted by Crippen LogP contribution is -2.43. The molecular formula is C11H17NO4S. The van der Waals surface area contributed by atoms with Gasteiger partial charge in [0.15, 0.2) is 0 Å². The molecule has 0 aromatic heterocycles. The van der Waals surface area contributed by atoms with Gasteiger partial charge in [-0.1, -0.05) is 0 Å². The molecule has 0 aromatic carbocycles. The van der Waals surface area contributed by atoms with Gasteiger partial charge >= 0.3 is 5.97 Å². The lowest BCUT2D eigenvalue weighted by Gasteiger charge is -2.24. The zero-order chi connectivity index (χ0) is 12.4. The molecule has 0 aliphatic carbocycles. The van der Waals surface area contributed by atoms with Crippen LogP contribution in [-0.4, -0.2) is 59.2 Å². The van der Waals surface area contributed by atoms with Crippen molar-refractivity contribution >= 4 is 23.6 Å². The summed E-state index contributed by atoms with van der Waals surface area (Å²) in [6.45, 7) is 0.410. The number of carboxylic acids is 1. The van der Waals surface area contributed by atoms with E-state index in [4.69, 9.17) is 9.84 Å². The van der Waals surface area contributed by atoms with E-state index in [1.807, 2.05) is 0 Å². The number of ether oxygens (including phenoxy) is 1. The first-order valence-corrected chi connectivity index (χ1v) is 6.92. The maximum atomic E-state index is 12.2. The summed E-state index contributed by atoms with van der Waals surface area (Å²) in [6, 6.07) is -0.710. The minimum Gasteiger partial charge on any atom is -0.480 e. The largest absolute Gasteiger partial charge is 0.480 e. The molecule has 2 heterocycles. The lowest BCUT2D eigenvalue weighted by atomic mass is 10.1. The Morgan fingerprint density at radius 3 is 2.76 bits per heavy atom. The van der Waals surface area contributed by atoms with Crippen LogP contribution in [0, 0.1) is 5.92 Å². The number of nitrogens with zero attached hydrogens (tertiary/aromatic N) is 1. The van der Waals surface area contributed by atoms with Gasteiger partial charge in [-0.05, 0) is 12.2 Å². The Morgan fingerprint density at radius 2 is 2.24 bits per heavy atom. The summed E-state index contributed by atoms with van der Waals surface area (Å²) >= 11 is 1.76. The number of carbonyl (C=O) groups excluding carboxylic acids is 1. The van der Waals surface area contributed by atoms with Gasteiger partial charge in [0.05, 0.1) is 6.10 Å². The maximum absolute atomic E-state index is 12.2. The van der Waals surface area contributed by atoms with Gasteiger partial charge in [-0.25, -0.2) is 4.79 Å². The first kappa shape index (κ1) is 12.7. The fourth-order valence-corrected chi connectivity index (χ4v) is 3.62. The molecule has 0 aromatic rings. The van der Waals surface area contributed by atoms with Crippen LogP contribution >= 0.6 is 11.8 Å². The number of hydrogen-bond acceptors (Lipinski definition) is 4. The third-order valence-electron chi connectivity index (χ3n) is 3.44. The van der Waals surface area contributed by atoms with Gasteiger partial charge in [-0.2, -0.15) is 11.8 Å². The van der Waals surface area contributed by atoms with Gasteiger partial charge in [0.25, 0.3) is 0 Å². The van der Waals surface area contributed by atoms with Gasteiger partial charge in [-0.15, -0.1) is 0 Å². The molecule has 5 nitrogen and oxygen atoms in total. The Hall–Kier alpha value is -0.750. The third-order valence-corrected chi connectivity index (χ3v) is 4.61. The molecule has 17 heavy (non-hydrogen) atoms. The number of carboxylic acid groups (broad SMARTS) is 1. The highest BCUT2D eigenvalue weighted by atomic mass is 32.2. The van der Waals surface area contributed by atoms with Crippen LogP contribution in [0.3, 0.4) is 0 Å². The quantitative estimate of drug-likeness (QED) is 0.796. The van der Waals surface area contributed by atoms with Crippen molar-refractivity contribution in [2.75, 3.05) is 25.2 Å². The highest BCUT2D eigenvalue weighted by Crippen LogP contribution is 2.29. The topological polar surface area (TPSA) is 66.8 Å². The van der Waals surface area contributed by atoms with Crippen LogP contribution in [0.15, 0.2) is 0 Å². The van der Waals surface area contributed by atoms with E-state index in [0.29, 0.717) is 13.0 Å². The summed E-state index contributed by atoms with van der Waals surface area (Å²) in [6.07, 6.45) is 1.12. The van der Waals surface area contributed by atoms with Crippen molar-refractivity contribution in [2.45, 2.75) is 25.0 Å². The van der Waals surface area contributed by atoms with E-state index >= 15 is 0 Å². The van der Waals surface area contributed by atoms with Crippen LogP contribution in [0.2, 0.25) is 0 Å². The van der Waals surface area contributed by atoms with Crippen LogP contribution < -0.4 is 0 Å². The second kappa shape index (κ2) is 5.27. The summed E-state index contributed by atoms with van der Waals surface area (Å²) in [7, 11) is 1.56. The average Bonchev–Trinajstić information content (AvgIpc) is 2.97. The van der Waals surface area contributed by atoms with E-state index in [1.54, 1.807) is 18.9 Å². The van der Waals surface area contributed by atoms with Crippen molar-refractivity contribution in [2.24, 2.45) is 5.92 Å². The summed E-state index contributed by atoms with van der Waals surface area (Å²) in [4.78, 5) is 24.8. The molecule has 0 spiro atoms. The molecule has 0 bridgehead atoms. The average molecular weight is 259 g/mol. The highest BCUT2D eigenvalue weighted by Gasteiger charge is 2.42. The standard InChI is InChI=1S/C11H17NO4S/c1-16-8-4-9(11(14)15)12(5-8)10(13)7-2-3-17-6-7/h7-9H,2-6H2,1H3,(H,14,15). The fraction of sp³-hybridized carbons (Fsp3) is 0.818. The number of likely N-dealkylation sites (tertiary alicyclic amines) is 1. The Balaban J connectivity index is 2.06. The number of carbonyl (C=O) groups is 2. The van der Waals surface area contributed by atoms with Gasteiger partial charge < -0.3 is 14.7 Å². The molecule has 3 unspecified atom stereocenters. The number of hydrogen-bond donors (Lipinski definition) is 1. The number of thioether (sulfide) groups is 1. The second-order valence-corrected chi connectivity index (χ2v) is 5.65. The molecule has 2 saturated heterocycles. The first-order chi connectivity index (χ1) is 8.13. The predicted molar refractivity (Wildman–Crippen MR) is 64.0 cm³/mol. The molecule has 2 aliphatic heterocycles. The molecule has 1 N–H and O–H groups in total. The van der Waals surface area contributed by atoms with Crippen LogP contribution in [0.4, 0.5) is 0 Å². The Bertz CT molecular complexity index is 317. The third kappa shape index (κ3) is 2.57. The second-order valence-electron chi connectivity index (χ2n) is 4.50. The molecule has 0 radical (unpaired) electrons. The predicted octanol–water partition coefficient (Wildman–Crippen LogP) is 0.440. The zero-order valence-corrected chi connectivity index (χ0v) is 10.6. The van der Waals surface area contributed by atoms with Crippen molar-refractivity contribution in [3.05, 3.63) is 0 Å².